The molecular weight excluding hydrogens is 841 g/mol. The molecule has 13 aromatic rings. The van der Waals surface area contributed by atoms with E-state index in [0.29, 0.717) is 5.92 Å². The zero-order valence-electron chi connectivity index (χ0n) is 37.9. The van der Waals surface area contributed by atoms with E-state index in [1.807, 2.05) is 6.07 Å². The van der Waals surface area contributed by atoms with E-state index in [2.05, 4.69) is 241 Å². The Morgan fingerprint density at radius 2 is 0.841 bits per heavy atom. The van der Waals surface area contributed by atoms with Gasteiger partial charge in [-0.2, -0.15) is 0 Å². The van der Waals surface area contributed by atoms with Crippen molar-refractivity contribution < 1.29 is 8.83 Å². The maximum absolute atomic E-state index is 6.88. The molecule has 0 aliphatic heterocycles. The molecule has 2 aromatic heterocycles. The number of allylic oxidation sites excluding steroid dienone is 4. The first-order valence-corrected chi connectivity index (χ1v) is 23.9. The zero-order valence-corrected chi connectivity index (χ0v) is 37.9. The highest BCUT2D eigenvalue weighted by Crippen LogP contribution is 2.52. The summed E-state index contributed by atoms with van der Waals surface area (Å²) in [5, 5.41) is 11.5. The van der Waals surface area contributed by atoms with Crippen LogP contribution in [-0.2, 0) is 0 Å². The number of para-hydroxylation sites is 6. The van der Waals surface area contributed by atoms with Crippen LogP contribution in [0.2, 0.25) is 0 Å². The lowest BCUT2D eigenvalue weighted by Crippen LogP contribution is -2.14. The second-order valence-electron chi connectivity index (χ2n) is 18.4. The summed E-state index contributed by atoms with van der Waals surface area (Å²) >= 11 is 0. The summed E-state index contributed by atoms with van der Waals surface area (Å²) < 4.78 is 13.7. The molecule has 69 heavy (non-hydrogen) atoms. The Morgan fingerprint density at radius 3 is 1.42 bits per heavy atom. The van der Waals surface area contributed by atoms with Crippen molar-refractivity contribution in [3.63, 3.8) is 0 Å². The van der Waals surface area contributed by atoms with Crippen molar-refractivity contribution in [3.8, 4) is 11.1 Å². The number of hydrogen-bond acceptors (Lipinski definition) is 4. The fourth-order valence-electron chi connectivity index (χ4n) is 11.3. The first-order chi connectivity index (χ1) is 34.2. The molecule has 1 atom stereocenters. The van der Waals surface area contributed by atoms with E-state index in [9.17, 15) is 0 Å². The molecule has 2 heterocycles. The summed E-state index contributed by atoms with van der Waals surface area (Å²) in [4.78, 5) is 4.89. The average Bonchev–Trinajstić information content (AvgIpc) is 3.99. The van der Waals surface area contributed by atoms with E-state index in [4.69, 9.17) is 8.83 Å². The van der Waals surface area contributed by atoms with Crippen LogP contribution in [0.4, 0.5) is 34.1 Å². The van der Waals surface area contributed by atoms with Gasteiger partial charge in [0, 0.05) is 43.4 Å². The van der Waals surface area contributed by atoms with E-state index < -0.39 is 0 Å². The summed E-state index contributed by atoms with van der Waals surface area (Å²) in [6, 6.07) is 76.7. The van der Waals surface area contributed by atoms with Gasteiger partial charge in [0.1, 0.15) is 11.2 Å². The van der Waals surface area contributed by atoms with Crippen LogP contribution < -0.4 is 9.80 Å². The molecule has 0 amide bonds. The lowest BCUT2D eigenvalue weighted by Gasteiger charge is -2.32. The fourth-order valence-corrected chi connectivity index (χ4v) is 11.3. The van der Waals surface area contributed by atoms with Crippen LogP contribution in [0.5, 0.6) is 0 Å². The Kier molecular flexibility index (Phi) is 8.90. The summed E-state index contributed by atoms with van der Waals surface area (Å²) in [7, 11) is 0. The van der Waals surface area contributed by atoms with Gasteiger partial charge in [-0.15, -0.1) is 0 Å². The Balaban J connectivity index is 1.06. The summed E-state index contributed by atoms with van der Waals surface area (Å²) in [5.41, 5.74) is 14.6. The van der Waals surface area contributed by atoms with E-state index in [1.165, 1.54) is 32.7 Å². The number of furan rings is 2. The summed E-state index contributed by atoms with van der Waals surface area (Å²) in [6.45, 7) is 2.33. The smallest absolute Gasteiger partial charge is 0.159 e. The lowest BCUT2D eigenvalue weighted by atomic mass is 9.86. The maximum atomic E-state index is 6.88. The molecule has 0 fully saturated rings. The third-order valence-electron chi connectivity index (χ3n) is 14.5. The molecule has 11 aromatic carbocycles. The number of hydrogen-bond donors (Lipinski definition) is 0. The van der Waals surface area contributed by atoms with Crippen molar-refractivity contribution >= 4 is 116 Å². The minimum atomic E-state index is 0.361. The second kappa shape index (κ2) is 15.6. The Bertz CT molecular complexity index is 4210. The summed E-state index contributed by atoms with van der Waals surface area (Å²) in [6.07, 6.45) is 7.78. The molecule has 0 bridgehead atoms. The Morgan fingerprint density at radius 1 is 0.377 bits per heavy atom. The van der Waals surface area contributed by atoms with Gasteiger partial charge in [-0.25, -0.2) is 0 Å². The van der Waals surface area contributed by atoms with E-state index in [1.54, 1.807) is 0 Å². The first kappa shape index (κ1) is 39.3. The van der Waals surface area contributed by atoms with Crippen molar-refractivity contribution in [2.45, 2.75) is 13.3 Å². The van der Waals surface area contributed by atoms with Crippen LogP contribution in [0, 0.1) is 5.92 Å². The minimum absolute atomic E-state index is 0.361. The van der Waals surface area contributed by atoms with Gasteiger partial charge in [-0.3, -0.25) is 0 Å². The number of anilines is 6. The highest BCUT2D eigenvalue weighted by Gasteiger charge is 2.28. The number of benzene rings is 11. The van der Waals surface area contributed by atoms with Crippen LogP contribution >= 0.6 is 0 Å². The van der Waals surface area contributed by atoms with Gasteiger partial charge in [0.2, 0.25) is 0 Å². The van der Waals surface area contributed by atoms with Gasteiger partial charge < -0.3 is 18.6 Å². The normalized spacial score (nSPS) is 14.0. The van der Waals surface area contributed by atoms with E-state index >= 15 is 0 Å². The predicted molar refractivity (Wildman–Crippen MR) is 290 cm³/mol. The third kappa shape index (κ3) is 6.08. The molecule has 0 saturated heterocycles. The number of nitrogens with zero attached hydrogens (tertiary/aromatic N) is 2. The second-order valence-corrected chi connectivity index (χ2v) is 18.4. The fraction of sp³-hybridized carbons (Fsp3) is 0.0462. The van der Waals surface area contributed by atoms with Crippen LogP contribution in [0.3, 0.4) is 0 Å². The summed E-state index contributed by atoms with van der Waals surface area (Å²) in [5.74, 6) is 0.361. The van der Waals surface area contributed by atoms with Crippen molar-refractivity contribution in [2.24, 2.45) is 5.92 Å². The molecule has 0 spiro atoms. The minimum Gasteiger partial charge on any atom is -0.454 e. The molecule has 0 saturated carbocycles. The molecule has 14 rings (SSSR count). The lowest BCUT2D eigenvalue weighted by molar-refractivity contribution is 0.668. The van der Waals surface area contributed by atoms with Crippen molar-refractivity contribution in [1.82, 2.24) is 0 Å². The van der Waals surface area contributed by atoms with E-state index in [-0.39, 0.29) is 0 Å². The maximum Gasteiger partial charge on any atom is 0.159 e. The number of rotatable bonds is 8. The van der Waals surface area contributed by atoms with Gasteiger partial charge >= 0.3 is 0 Å². The molecule has 1 unspecified atom stereocenters. The monoisotopic (exact) mass is 884 g/mol. The standard InChI is InChI=1S/C65H44N2O2/c1-41-17-5-6-20-45(41)47-22-8-12-28-55(47)67(59-30-16-26-51-49-24-10-14-32-61(49)69-65(51)59)57-40-36-44-33-37-52-56(39-35-43-34-38-53(57)63(44)62(43)52)66(54-27-11-7-21-46(54)42-18-3-2-4-19-42)58-29-15-25-50-48-23-9-13-31-60(48)68-64(50)58/h2-16,18-41H,17H2,1H3. The van der Waals surface area contributed by atoms with Crippen molar-refractivity contribution in [1.29, 1.82) is 0 Å². The quantitative estimate of drug-likeness (QED) is 0.142. The van der Waals surface area contributed by atoms with Crippen molar-refractivity contribution in [3.05, 3.63) is 236 Å². The van der Waals surface area contributed by atoms with Gasteiger partial charge in [-0.1, -0.05) is 189 Å². The van der Waals surface area contributed by atoms with E-state index in [0.717, 1.165) is 106 Å². The number of fused-ring (bicyclic) bond motifs is 6. The molecule has 0 radical (unpaired) electrons. The molecule has 1 aliphatic carbocycles. The average molecular weight is 885 g/mol. The van der Waals surface area contributed by atoms with Gasteiger partial charge in [-0.05, 0) is 93.6 Å². The topological polar surface area (TPSA) is 32.8 Å². The molecule has 4 nitrogen and oxygen atoms in total. The SMILES string of the molecule is CC1CC=CC=C1c1ccccc1N(c1ccc2ccc3c(N(c4ccccc4-c4ccccc4)c4cccc5c4oc4ccccc45)ccc4ccc1c2c43)c1cccc2c1oc1ccccc12. The first-order valence-electron chi connectivity index (χ1n) is 23.9. The molecular formula is C65H44N2O2. The molecule has 326 valence electrons. The van der Waals surface area contributed by atoms with Crippen LogP contribution in [0.1, 0.15) is 18.9 Å². The van der Waals surface area contributed by atoms with Gasteiger partial charge in [0.25, 0.3) is 0 Å². The Hall–Kier alpha value is -8.86. The molecule has 1 aliphatic rings. The van der Waals surface area contributed by atoms with Crippen LogP contribution in [0.25, 0.3) is 92.9 Å². The Labute approximate surface area is 399 Å². The highest BCUT2D eigenvalue weighted by molar-refractivity contribution is 6.29. The van der Waals surface area contributed by atoms with Gasteiger partial charge in [0.15, 0.2) is 11.2 Å². The third-order valence-corrected chi connectivity index (χ3v) is 14.5. The predicted octanol–water partition coefficient (Wildman–Crippen LogP) is 19.0. The van der Waals surface area contributed by atoms with Crippen molar-refractivity contribution in [2.75, 3.05) is 9.80 Å². The van der Waals surface area contributed by atoms with Crippen LogP contribution in [-0.4, -0.2) is 0 Å². The largest absolute Gasteiger partial charge is 0.454 e. The highest BCUT2D eigenvalue weighted by atomic mass is 16.3. The molecule has 0 N–H and O–H groups in total. The zero-order chi connectivity index (χ0) is 45.6. The van der Waals surface area contributed by atoms with Gasteiger partial charge in [0.05, 0.1) is 34.1 Å². The molecule has 4 heteroatoms. The van der Waals surface area contributed by atoms with Crippen LogP contribution in [0.15, 0.2) is 239 Å².